The molecule has 3 rings (SSSR count). The van der Waals surface area contributed by atoms with E-state index in [2.05, 4.69) is 5.32 Å². The van der Waals surface area contributed by atoms with Crippen LogP contribution in [0.3, 0.4) is 0 Å². The lowest BCUT2D eigenvalue weighted by atomic mass is 9.99. The van der Waals surface area contributed by atoms with Gasteiger partial charge in [0.1, 0.15) is 5.82 Å². The number of ether oxygens (including phenoxy) is 1. The first-order valence-corrected chi connectivity index (χ1v) is 7.62. The van der Waals surface area contributed by atoms with Crippen molar-refractivity contribution in [1.82, 2.24) is 9.80 Å². The molecule has 2 aliphatic heterocycles. The number of carbonyl (C=O) groups is 2. The lowest BCUT2D eigenvalue weighted by molar-refractivity contribution is -0.135. The van der Waals surface area contributed by atoms with Crippen LogP contribution in [0.5, 0.6) is 0 Å². The molecule has 0 aromatic heterocycles. The number of morpholine rings is 1. The second kappa shape index (κ2) is 6.16. The zero-order valence-electron chi connectivity index (χ0n) is 13.2. The molecular weight excluding hydrogens is 301 g/mol. The van der Waals surface area contributed by atoms with Gasteiger partial charge in [-0.05, 0) is 30.7 Å². The number of rotatable bonds is 2. The van der Waals surface area contributed by atoms with Crippen molar-refractivity contribution in [2.75, 3.05) is 32.5 Å². The molecule has 0 aliphatic carbocycles. The second-order valence-electron chi connectivity index (χ2n) is 6.21. The lowest BCUT2D eigenvalue weighted by Crippen LogP contribution is -2.49. The Morgan fingerprint density at radius 1 is 1.26 bits per heavy atom. The van der Waals surface area contributed by atoms with Crippen LogP contribution in [0.25, 0.3) is 0 Å². The third-order valence-electron chi connectivity index (χ3n) is 4.30. The molecule has 124 valence electrons. The molecule has 3 unspecified atom stereocenters. The summed E-state index contributed by atoms with van der Waals surface area (Å²) in [4.78, 5) is 27.8. The molecule has 0 spiro atoms. The number of urea groups is 1. The van der Waals surface area contributed by atoms with Crippen LogP contribution in [0.4, 0.5) is 14.9 Å². The number of benzene rings is 1. The van der Waals surface area contributed by atoms with E-state index in [4.69, 9.17) is 4.74 Å². The molecule has 2 heterocycles. The third-order valence-corrected chi connectivity index (χ3v) is 4.30. The molecule has 2 bridgehead atoms. The van der Waals surface area contributed by atoms with E-state index < -0.39 is 0 Å². The van der Waals surface area contributed by atoms with Crippen molar-refractivity contribution in [3.8, 4) is 0 Å². The van der Waals surface area contributed by atoms with Crippen LogP contribution in [0, 0.1) is 11.7 Å². The number of carbonyl (C=O) groups excluding carboxylic acids is 2. The zero-order chi connectivity index (χ0) is 16.6. The van der Waals surface area contributed by atoms with E-state index in [0.29, 0.717) is 25.2 Å². The van der Waals surface area contributed by atoms with Gasteiger partial charge in [0.25, 0.3) is 0 Å². The first-order chi connectivity index (χ1) is 10.9. The van der Waals surface area contributed by atoms with Gasteiger partial charge in [0.2, 0.25) is 5.91 Å². The minimum Gasteiger partial charge on any atom is -0.370 e. The molecule has 0 radical (unpaired) electrons. The highest BCUT2D eigenvalue weighted by Gasteiger charge is 2.46. The molecule has 3 atom stereocenters. The highest BCUT2D eigenvalue weighted by atomic mass is 19.1. The van der Waals surface area contributed by atoms with Gasteiger partial charge in [0.05, 0.1) is 18.1 Å². The topological polar surface area (TPSA) is 61.9 Å². The number of nitrogens with one attached hydrogen (secondary N) is 1. The summed E-state index contributed by atoms with van der Waals surface area (Å²) in [5, 5.41) is 2.74. The Morgan fingerprint density at radius 2 is 1.96 bits per heavy atom. The molecule has 0 saturated carbocycles. The van der Waals surface area contributed by atoms with Crippen molar-refractivity contribution in [2.24, 2.45) is 5.92 Å². The van der Waals surface area contributed by atoms with Crippen LogP contribution < -0.4 is 5.32 Å². The van der Waals surface area contributed by atoms with Gasteiger partial charge < -0.3 is 19.9 Å². The number of hydrogen-bond acceptors (Lipinski definition) is 3. The summed E-state index contributed by atoms with van der Waals surface area (Å²) in [6, 6.07) is 5.36. The second-order valence-corrected chi connectivity index (χ2v) is 6.21. The van der Waals surface area contributed by atoms with Crippen LogP contribution in [-0.2, 0) is 9.53 Å². The van der Waals surface area contributed by atoms with E-state index in [1.165, 1.54) is 24.3 Å². The average Bonchev–Trinajstić information content (AvgIpc) is 2.82. The smallest absolute Gasteiger partial charge is 0.322 e. The fourth-order valence-electron chi connectivity index (χ4n) is 3.15. The molecule has 2 fully saturated rings. The molecule has 2 saturated heterocycles. The number of nitrogens with zero attached hydrogens (tertiary/aromatic N) is 2. The Labute approximate surface area is 134 Å². The molecule has 1 N–H and O–H groups in total. The fraction of sp³-hybridized carbons (Fsp3) is 0.500. The maximum Gasteiger partial charge on any atom is 0.322 e. The minimum atomic E-state index is -0.350. The summed E-state index contributed by atoms with van der Waals surface area (Å²) >= 11 is 0. The number of halogens is 1. The Morgan fingerprint density at radius 3 is 2.61 bits per heavy atom. The van der Waals surface area contributed by atoms with E-state index >= 15 is 0 Å². The Kier molecular flexibility index (Phi) is 4.21. The van der Waals surface area contributed by atoms with Crippen LogP contribution in [0.2, 0.25) is 0 Å². The van der Waals surface area contributed by atoms with E-state index in [-0.39, 0.29) is 35.9 Å². The lowest BCUT2D eigenvalue weighted by Gasteiger charge is -2.33. The number of anilines is 1. The Bertz CT molecular complexity index is 605. The van der Waals surface area contributed by atoms with Crippen molar-refractivity contribution in [3.05, 3.63) is 30.1 Å². The Balaban J connectivity index is 1.63. The van der Waals surface area contributed by atoms with Crippen molar-refractivity contribution in [3.63, 3.8) is 0 Å². The van der Waals surface area contributed by atoms with Crippen molar-refractivity contribution in [2.45, 2.75) is 18.6 Å². The molecular formula is C16H20FN3O3. The van der Waals surface area contributed by atoms with E-state index in [9.17, 15) is 14.0 Å². The molecule has 1 aromatic rings. The fourth-order valence-corrected chi connectivity index (χ4v) is 3.15. The number of amides is 3. The molecule has 7 heteroatoms. The van der Waals surface area contributed by atoms with Crippen LogP contribution in [0.1, 0.15) is 6.42 Å². The summed E-state index contributed by atoms with van der Waals surface area (Å²) in [7, 11) is 3.45. The first-order valence-electron chi connectivity index (χ1n) is 7.62. The maximum absolute atomic E-state index is 12.9. The highest BCUT2D eigenvalue weighted by Crippen LogP contribution is 2.33. The van der Waals surface area contributed by atoms with Gasteiger partial charge >= 0.3 is 6.03 Å². The van der Waals surface area contributed by atoms with E-state index in [1.807, 2.05) is 0 Å². The number of hydrogen-bond donors (Lipinski definition) is 1. The van der Waals surface area contributed by atoms with Gasteiger partial charge in [-0.3, -0.25) is 4.79 Å². The minimum absolute atomic E-state index is 0.0401. The van der Waals surface area contributed by atoms with Crippen molar-refractivity contribution >= 4 is 17.6 Å². The van der Waals surface area contributed by atoms with E-state index in [0.717, 1.165) is 0 Å². The SMILES string of the molecule is CN(C)C(=O)C1CC2CN(C(=O)Nc3ccc(F)cc3)CC1O2. The van der Waals surface area contributed by atoms with Crippen molar-refractivity contribution in [1.29, 1.82) is 0 Å². The van der Waals surface area contributed by atoms with Gasteiger partial charge in [-0.25, -0.2) is 9.18 Å². The monoisotopic (exact) mass is 321 g/mol. The maximum atomic E-state index is 12.9. The van der Waals surface area contributed by atoms with Crippen LogP contribution in [-0.4, -0.2) is 61.1 Å². The molecule has 23 heavy (non-hydrogen) atoms. The summed E-state index contributed by atoms with van der Waals surface area (Å²) in [5.74, 6) is -0.505. The quantitative estimate of drug-likeness (QED) is 0.899. The number of likely N-dealkylation sites (tertiary alicyclic amines) is 1. The van der Waals surface area contributed by atoms with Gasteiger partial charge in [-0.2, -0.15) is 0 Å². The first kappa shape index (κ1) is 15.7. The molecule has 1 aromatic carbocycles. The summed E-state index contributed by atoms with van der Waals surface area (Å²) in [6.45, 7) is 0.842. The Hall–Kier alpha value is -2.15. The van der Waals surface area contributed by atoms with Crippen molar-refractivity contribution < 1.29 is 18.7 Å². The average molecular weight is 321 g/mol. The summed E-state index contributed by atoms with van der Waals surface area (Å²) in [6.07, 6.45) is 0.270. The third kappa shape index (κ3) is 3.29. The highest BCUT2D eigenvalue weighted by molar-refractivity contribution is 5.89. The molecule has 6 nitrogen and oxygen atoms in total. The number of fused-ring (bicyclic) bond motifs is 2. The summed E-state index contributed by atoms with van der Waals surface area (Å²) in [5.41, 5.74) is 0.538. The molecule has 2 aliphatic rings. The van der Waals surface area contributed by atoms with Gasteiger partial charge in [-0.15, -0.1) is 0 Å². The van der Waals surface area contributed by atoms with E-state index in [1.54, 1.807) is 23.9 Å². The normalized spacial score (nSPS) is 26.0. The standard InChI is InChI=1S/C16H20FN3O3/c1-19(2)15(21)13-7-12-8-20(9-14(13)23-12)16(22)18-11-5-3-10(17)4-6-11/h3-6,12-14H,7-9H2,1-2H3,(H,18,22). The summed E-state index contributed by atoms with van der Waals surface area (Å²) < 4.78 is 18.7. The predicted octanol–water partition coefficient (Wildman–Crippen LogP) is 1.54. The van der Waals surface area contributed by atoms with Gasteiger partial charge in [-0.1, -0.05) is 0 Å². The predicted molar refractivity (Wildman–Crippen MR) is 82.5 cm³/mol. The van der Waals surface area contributed by atoms with Crippen LogP contribution >= 0.6 is 0 Å². The zero-order valence-corrected chi connectivity index (χ0v) is 13.2. The van der Waals surface area contributed by atoms with Gasteiger partial charge in [0, 0.05) is 32.9 Å². The van der Waals surface area contributed by atoms with Crippen LogP contribution in [0.15, 0.2) is 24.3 Å². The molecule has 3 amide bonds. The largest absolute Gasteiger partial charge is 0.370 e. The van der Waals surface area contributed by atoms with Gasteiger partial charge in [0.15, 0.2) is 0 Å².